The molecule has 0 spiro atoms. The van der Waals surface area contributed by atoms with Crippen molar-refractivity contribution in [3.63, 3.8) is 0 Å². The van der Waals surface area contributed by atoms with Crippen LogP contribution >= 0.6 is 0 Å². The summed E-state index contributed by atoms with van der Waals surface area (Å²) in [6.45, 7) is 4.35. The maximum absolute atomic E-state index is 12.6. The first kappa shape index (κ1) is 22.6. The molecule has 33 heavy (non-hydrogen) atoms. The smallest absolute Gasteiger partial charge is 0.228 e. The van der Waals surface area contributed by atoms with E-state index < -0.39 is 0 Å². The van der Waals surface area contributed by atoms with E-state index in [0.717, 1.165) is 41.6 Å². The second-order valence-corrected chi connectivity index (χ2v) is 8.44. The van der Waals surface area contributed by atoms with Crippen molar-refractivity contribution in [1.82, 2.24) is 10.2 Å². The Balaban J connectivity index is 1.41. The van der Waals surface area contributed by atoms with Gasteiger partial charge < -0.3 is 19.7 Å². The molecular formula is C26H30N4O3. The Morgan fingerprint density at radius 1 is 1.00 bits per heavy atom. The van der Waals surface area contributed by atoms with Crippen LogP contribution in [-0.2, 0) is 11.2 Å². The first-order valence-corrected chi connectivity index (χ1v) is 11.3. The topological polar surface area (TPSA) is 76.6 Å². The van der Waals surface area contributed by atoms with Crippen LogP contribution < -0.4 is 19.7 Å². The molecule has 1 saturated heterocycles. The van der Waals surface area contributed by atoms with E-state index in [9.17, 15) is 4.79 Å². The number of amides is 1. The number of anilines is 2. The Bertz CT molecular complexity index is 1090. The molecule has 0 radical (unpaired) electrons. The van der Waals surface area contributed by atoms with E-state index in [0.29, 0.717) is 17.2 Å². The molecule has 1 amide bonds. The number of nitrogens with one attached hydrogen (secondary N) is 1. The van der Waals surface area contributed by atoms with Gasteiger partial charge in [0.15, 0.2) is 17.3 Å². The third-order valence-electron chi connectivity index (χ3n) is 6.01. The summed E-state index contributed by atoms with van der Waals surface area (Å²) in [6.07, 6.45) is 2.61. The summed E-state index contributed by atoms with van der Waals surface area (Å²) in [5, 5.41) is 11.9. The predicted molar refractivity (Wildman–Crippen MR) is 130 cm³/mol. The monoisotopic (exact) mass is 446 g/mol. The van der Waals surface area contributed by atoms with Crippen LogP contribution in [0.5, 0.6) is 11.5 Å². The number of hydrogen-bond donors (Lipinski definition) is 1. The van der Waals surface area contributed by atoms with Crippen molar-refractivity contribution >= 4 is 17.4 Å². The van der Waals surface area contributed by atoms with Gasteiger partial charge in [0.2, 0.25) is 5.91 Å². The molecule has 7 nitrogen and oxygen atoms in total. The van der Waals surface area contributed by atoms with E-state index in [2.05, 4.69) is 27.3 Å². The van der Waals surface area contributed by atoms with Crippen molar-refractivity contribution in [2.45, 2.75) is 26.2 Å². The van der Waals surface area contributed by atoms with Gasteiger partial charge in [0.1, 0.15) is 0 Å². The normalized spacial score (nSPS) is 14.1. The van der Waals surface area contributed by atoms with E-state index in [1.54, 1.807) is 20.3 Å². The average molecular weight is 447 g/mol. The molecule has 1 aromatic heterocycles. The second-order valence-electron chi connectivity index (χ2n) is 8.44. The third kappa shape index (κ3) is 5.61. The minimum atomic E-state index is -0.111. The molecule has 2 heterocycles. The van der Waals surface area contributed by atoms with E-state index >= 15 is 0 Å². The van der Waals surface area contributed by atoms with Gasteiger partial charge in [-0.05, 0) is 60.7 Å². The summed E-state index contributed by atoms with van der Waals surface area (Å²) in [5.74, 6) is 2.82. The molecule has 4 rings (SSSR count). The fourth-order valence-corrected chi connectivity index (χ4v) is 4.02. The molecular weight excluding hydrogens is 416 g/mol. The van der Waals surface area contributed by atoms with Crippen molar-refractivity contribution in [2.24, 2.45) is 5.92 Å². The number of nitrogens with zero attached hydrogens (tertiary/aromatic N) is 3. The highest BCUT2D eigenvalue weighted by molar-refractivity contribution is 5.93. The Morgan fingerprint density at radius 3 is 2.48 bits per heavy atom. The summed E-state index contributed by atoms with van der Waals surface area (Å²) in [5.41, 5.74) is 3.24. The molecule has 3 aromatic rings. The van der Waals surface area contributed by atoms with Gasteiger partial charge in [0, 0.05) is 24.3 Å². The van der Waals surface area contributed by atoms with E-state index in [1.165, 1.54) is 12.8 Å². The quantitative estimate of drug-likeness (QED) is 0.573. The standard InChI is InChI=1S/C26H30N4O3/c1-18-11-13-30(14-12-18)25-10-8-22(28-29-25)20-5-4-6-21(17-20)27-26(31)16-19-7-9-23(32-2)24(15-19)33-3/h4-10,15,17-18H,11-14,16H2,1-3H3,(H,27,31). The molecule has 2 aromatic carbocycles. The van der Waals surface area contributed by atoms with Crippen molar-refractivity contribution in [2.75, 3.05) is 37.5 Å². The number of benzene rings is 2. The molecule has 172 valence electrons. The predicted octanol–water partition coefficient (Wildman–Crippen LogP) is 4.58. The summed E-state index contributed by atoms with van der Waals surface area (Å²) in [6, 6.07) is 17.2. The number of methoxy groups -OCH3 is 2. The van der Waals surface area contributed by atoms with Crippen molar-refractivity contribution in [3.8, 4) is 22.8 Å². The van der Waals surface area contributed by atoms with Gasteiger partial charge in [-0.3, -0.25) is 4.79 Å². The molecule has 0 unspecified atom stereocenters. The molecule has 1 aliphatic rings. The van der Waals surface area contributed by atoms with E-state index in [4.69, 9.17) is 9.47 Å². The summed E-state index contributed by atoms with van der Waals surface area (Å²) in [4.78, 5) is 14.9. The summed E-state index contributed by atoms with van der Waals surface area (Å²) < 4.78 is 10.6. The number of carbonyl (C=O) groups is 1. The Labute approximate surface area is 194 Å². The van der Waals surface area contributed by atoms with Crippen molar-refractivity contribution in [3.05, 3.63) is 60.2 Å². The Hall–Kier alpha value is -3.61. The third-order valence-corrected chi connectivity index (χ3v) is 6.01. The highest BCUT2D eigenvalue weighted by atomic mass is 16.5. The number of carbonyl (C=O) groups excluding carboxylic acids is 1. The highest BCUT2D eigenvalue weighted by Crippen LogP contribution is 2.28. The van der Waals surface area contributed by atoms with Gasteiger partial charge in [0.05, 0.1) is 26.3 Å². The Kier molecular flexibility index (Phi) is 7.07. The second kappa shape index (κ2) is 10.3. The van der Waals surface area contributed by atoms with E-state index in [1.807, 2.05) is 48.5 Å². The van der Waals surface area contributed by atoms with Crippen LogP contribution in [0.3, 0.4) is 0 Å². The van der Waals surface area contributed by atoms with Gasteiger partial charge >= 0.3 is 0 Å². The number of aromatic nitrogens is 2. The lowest BCUT2D eigenvalue weighted by Gasteiger charge is -2.30. The molecule has 0 aliphatic carbocycles. The maximum atomic E-state index is 12.6. The van der Waals surface area contributed by atoms with Gasteiger partial charge in [-0.15, -0.1) is 10.2 Å². The van der Waals surface area contributed by atoms with E-state index in [-0.39, 0.29) is 12.3 Å². The number of rotatable bonds is 7. The average Bonchev–Trinajstić information content (AvgIpc) is 2.84. The van der Waals surface area contributed by atoms with Gasteiger partial charge in [-0.1, -0.05) is 25.1 Å². The first-order valence-electron chi connectivity index (χ1n) is 11.3. The summed E-state index contributed by atoms with van der Waals surface area (Å²) >= 11 is 0. The van der Waals surface area contributed by atoms with Crippen molar-refractivity contribution < 1.29 is 14.3 Å². The molecule has 1 fully saturated rings. The van der Waals surface area contributed by atoms with Crippen LogP contribution in [0.4, 0.5) is 11.5 Å². The minimum Gasteiger partial charge on any atom is -0.493 e. The molecule has 1 aliphatic heterocycles. The van der Waals surface area contributed by atoms with Gasteiger partial charge in [-0.2, -0.15) is 0 Å². The SMILES string of the molecule is COc1ccc(CC(=O)Nc2cccc(-c3ccc(N4CCC(C)CC4)nn3)c2)cc1OC. The lowest BCUT2D eigenvalue weighted by Crippen LogP contribution is -2.33. The molecule has 1 N–H and O–H groups in total. The zero-order valence-corrected chi connectivity index (χ0v) is 19.4. The number of hydrogen-bond acceptors (Lipinski definition) is 6. The van der Waals surface area contributed by atoms with Crippen LogP contribution in [0, 0.1) is 5.92 Å². The van der Waals surface area contributed by atoms with Crippen molar-refractivity contribution in [1.29, 1.82) is 0 Å². The van der Waals surface area contributed by atoms with Crippen LogP contribution in [-0.4, -0.2) is 43.4 Å². The zero-order valence-electron chi connectivity index (χ0n) is 19.4. The molecule has 0 atom stereocenters. The molecule has 0 saturated carbocycles. The van der Waals surface area contributed by atoms with Crippen LogP contribution in [0.1, 0.15) is 25.3 Å². The molecule has 0 bridgehead atoms. The minimum absolute atomic E-state index is 0.111. The zero-order chi connectivity index (χ0) is 23.2. The lowest BCUT2D eigenvalue weighted by molar-refractivity contribution is -0.115. The first-order chi connectivity index (χ1) is 16.1. The lowest BCUT2D eigenvalue weighted by atomic mass is 9.99. The van der Waals surface area contributed by atoms with Crippen LogP contribution in [0.15, 0.2) is 54.6 Å². The van der Waals surface area contributed by atoms with Gasteiger partial charge in [-0.25, -0.2) is 0 Å². The highest BCUT2D eigenvalue weighted by Gasteiger charge is 2.17. The van der Waals surface area contributed by atoms with Crippen LogP contribution in [0.25, 0.3) is 11.3 Å². The maximum Gasteiger partial charge on any atom is 0.228 e. The molecule has 7 heteroatoms. The summed E-state index contributed by atoms with van der Waals surface area (Å²) in [7, 11) is 3.17. The Morgan fingerprint density at radius 2 is 1.79 bits per heavy atom. The van der Waals surface area contributed by atoms with Crippen LogP contribution in [0.2, 0.25) is 0 Å². The largest absolute Gasteiger partial charge is 0.493 e. The fraction of sp³-hybridized carbons (Fsp3) is 0.346. The van der Waals surface area contributed by atoms with Gasteiger partial charge in [0.25, 0.3) is 0 Å². The fourth-order valence-electron chi connectivity index (χ4n) is 4.02. The number of piperidine rings is 1. The number of ether oxygens (including phenoxy) is 2.